The first-order valence-corrected chi connectivity index (χ1v) is 8.52. The van der Waals surface area contributed by atoms with Crippen LogP contribution in [0, 0.1) is 11.8 Å². The maximum absolute atomic E-state index is 9.08. The summed E-state index contributed by atoms with van der Waals surface area (Å²) in [6, 6.07) is 0. The molecule has 6 nitrogen and oxygen atoms in total. The highest BCUT2D eigenvalue weighted by molar-refractivity contribution is 5.79. The number of morpholine rings is 1. The lowest BCUT2D eigenvalue weighted by molar-refractivity contribution is -0.0284. The molecule has 130 valence electrons. The molecule has 0 bridgehead atoms. The Morgan fingerprint density at radius 1 is 1.36 bits per heavy atom. The van der Waals surface area contributed by atoms with Gasteiger partial charge in [-0.2, -0.15) is 0 Å². The minimum absolute atomic E-state index is 0.165. The zero-order valence-electron chi connectivity index (χ0n) is 14.6. The molecule has 0 spiro atoms. The van der Waals surface area contributed by atoms with Gasteiger partial charge in [-0.3, -0.25) is 9.89 Å². The van der Waals surface area contributed by atoms with Gasteiger partial charge < -0.3 is 20.5 Å². The first kappa shape index (κ1) is 19.2. The lowest BCUT2D eigenvalue weighted by atomic mass is 10.2. The Morgan fingerprint density at radius 3 is 2.77 bits per heavy atom. The second-order valence-electron chi connectivity index (χ2n) is 6.53. The highest BCUT2D eigenvalue weighted by Gasteiger charge is 2.21. The number of guanidine groups is 1. The largest absolute Gasteiger partial charge is 0.396 e. The van der Waals surface area contributed by atoms with Gasteiger partial charge in [0.1, 0.15) is 0 Å². The molecule has 1 fully saturated rings. The number of ether oxygens (including phenoxy) is 1. The van der Waals surface area contributed by atoms with E-state index in [1.807, 2.05) is 13.8 Å². The van der Waals surface area contributed by atoms with Crippen LogP contribution in [0.5, 0.6) is 0 Å². The number of nitrogens with zero attached hydrogens (tertiary/aromatic N) is 2. The van der Waals surface area contributed by atoms with Crippen LogP contribution in [-0.4, -0.2) is 74.6 Å². The van der Waals surface area contributed by atoms with Gasteiger partial charge in [0.15, 0.2) is 5.96 Å². The van der Waals surface area contributed by atoms with Crippen molar-refractivity contribution < 1.29 is 9.84 Å². The molecule has 0 aromatic heterocycles. The van der Waals surface area contributed by atoms with Crippen LogP contribution in [-0.2, 0) is 4.74 Å². The van der Waals surface area contributed by atoms with Crippen LogP contribution >= 0.6 is 0 Å². The molecule has 0 aliphatic carbocycles. The predicted octanol–water partition coefficient (Wildman–Crippen LogP) is 0.527. The van der Waals surface area contributed by atoms with Crippen LogP contribution in [0.4, 0.5) is 0 Å². The van der Waals surface area contributed by atoms with E-state index in [-0.39, 0.29) is 18.6 Å². The van der Waals surface area contributed by atoms with Crippen molar-refractivity contribution in [1.29, 1.82) is 0 Å². The summed E-state index contributed by atoms with van der Waals surface area (Å²) >= 11 is 0. The summed E-state index contributed by atoms with van der Waals surface area (Å²) in [6.45, 7) is 14.8. The molecule has 1 aliphatic heterocycles. The van der Waals surface area contributed by atoms with Gasteiger partial charge in [0.25, 0.3) is 0 Å². The van der Waals surface area contributed by atoms with Crippen LogP contribution < -0.4 is 10.6 Å². The molecule has 1 heterocycles. The molecule has 0 aromatic rings. The van der Waals surface area contributed by atoms with E-state index < -0.39 is 0 Å². The van der Waals surface area contributed by atoms with Crippen molar-refractivity contribution >= 4 is 5.96 Å². The maximum atomic E-state index is 9.08. The van der Waals surface area contributed by atoms with E-state index in [0.717, 1.165) is 45.3 Å². The minimum Gasteiger partial charge on any atom is -0.396 e. The minimum atomic E-state index is 0.165. The molecule has 22 heavy (non-hydrogen) atoms. The van der Waals surface area contributed by atoms with Crippen LogP contribution in [0.3, 0.4) is 0 Å². The third kappa shape index (κ3) is 7.96. The second kappa shape index (κ2) is 10.8. The summed E-state index contributed by atoms with van der Waals surface area (Å²) in [5.74, 6) is 1.67. The average Bonchev–Trinajstić information content (AvgIpc) is 2.49. The molecule has 2 unspecified atom stereocenters. The molecule has 1 rings (SSSR count). The van der Waals surface area contributed by atoms with Crippen molar-refractivity contribution in [3.8, 4) is 0 Å². The van der Waals surface area contributed by atoms with Gasteiger partial charge in [0.05, 0.1) is 12.7 Å². The first-order chi connectivity index (χ1) is 10.5. The van der Waals surface area contributed by atoms with E-state index in [2.05, 4.69) is 34.4 Å². The molecule has 0 aromatic carbocycles. The highest BCUT2D eigenvalue weighted by Crippen LogP contribution is 2.07. The van der Waals surface area contributed by atoms with Crippen molar-refractivity contribution in [2.45, 2.75) is 33.8 Å². The Labute approximate surface area is 135 Å². The van der Waals surface area contributed by atoms with Gasteiger partial charge in [0, 0.05) is 45.9 Å². The SMILES string of the molecule is CCNC(=NCC(C)CO)NCC1CN(CC(C)C)CCO1. The van der Waals surface area contributed by atoms with Gasteiger partial charge in [-0.15, -0.1) is 0 Å². The summed E-state index contributed by atoms with van der Waals surface area (Å²) < 4.78 is 5.84. The predicted molar refractivity (Wildman–Crippen MR) is 91.2 cm³/mol. The normalized spacial score (nSPS) is 21.9. The molecule has 1 saturated heterocycles. The maximum Gasteiger partial charge on any atom is 0.191 e. The van der Waals surface area contributed by atoms with Gasteiger partial charge in [-0.1, -0.05) is 20.8 Å². The lowest BCUT2D eigenvalue weighted by Crippen LogP contribution is -2.50. The number of aliphatic imine (C=N–C) groups is 1. The van der Waals surface area contributed by atoms with E-state index in [1.54, 1.807) is 0 Å². The van der Waals surface area contributed by atoms with E-state index in [1.165, 1.54) is 0 Å². The average molecular weight is 314 g/mol. The van der Waals surface area contributed by atoms with E-state index in [9.17, 15) is 0 Å². The van der Waals surface area contributed by atoms with Crippen LogP contribution in [0.1, 0.15) is 27.7 Å². The third-order valence-corrected chi connectivity index (χ3v) is 3.56. The van der Waals surface area contributed by atoms with Crippen LogP contribution in [0.2, 0.25) is 0 Å². The number of rotatable bonds is 8. The summed E-state index contributed by atoms with van der Waals surface area (Å²) in [5, 5.41) is 15.7. The molecule has 1 aliphatic rings. The summed E-state index contributed by atoms with van der Waals surface area (Å²) in [5.41, 5.74) is 0. The van der Waals surface area contributed by atoms with Crippen molar-refractivity contribution in [3.63, 3.8) is 0 Å². The summed E-state index contributed by atoms with van der Waals surface area (Å²) in [7, 11) is 0. The Kier molecular flexibility index (Phi) is 9.43. The van der Waals surface area contributed by atoms with Gasteiger partial charge in [0.2, 0.25) is 0 Å². The molecule has 0 amide bonds. The monoisotopic (exact) mass is 314 g/mol. The zero-order chi connectivity index (χ0) is 16.4. The molecule has 3 N–H and O–H groups in total. The number of hydrogen-bond donors (Lipinski definition) is 3. The Hall–Kier alpha value is -0.850. The Balaban J connectivity index is 2.39. The number of hydrogen-bond acceptors (Lipinski definition) is 4. The molecular formula is C16H34N4O2. The quantitative estimate of drug-likeness (QED) is 0.450. The fourth-order valence-corrected chi connectivity index (χ4v) is 2.44. The molecule has 0 radical (unpaired) electrons. The Morgan fingerprint density at radius 2 is 2.14 bits per heavy atom. The van der Waals surface area contributed by atoms with E-state index in [4.69, 9.17) is 9.84 Å². The number of nitrogens with one attached hydrogen (secondary N) is 2. The first-order valence-electron chi connectivity index (χ1n) is 8.52. The lowest BCUT2D eigenvalue weighted by Gasteiger charge is -2.34. The summed E-state index contributed by atoms with van der Waals surface area (Å²) in [4.78, 5) is 6.97. The smallest absolute Gasteiger partial charge is 0.191 e. The fraction of sp³-hybridized carbons (Fsp3) is 0.938. The molecule has 2 atom stereocenters. The second-order valence-corrected chi connectivity index (χ2v) is 6.53. The number of aliphatic hydroxyl groups is 1. The van der Waals surface area contributed by atoms with Crippen molar-refractivity contribution in [2.24, 2.45) is 16.8 Å². The van der Waals surface area contributed by atoms with Gasteiger partial charge in [-0.25, -0.2) is 0 Å². The standard InChI is InChI=1S/C16H34N4O2/c1-5-17-16(18-8-14(4)12-21)19-9-15-11-20(6-7-22-15)10-13(2)3/h13-15,21H,5-12H2,1-4H3,(H2,17,18,19). The van der Waals surface area contributed by atoms with Gasteiger partial charge in [-0.05, 0) is 18.8 Å². The van der Waals surface area contributed by atoms with Crippen molar-refractivity contribution in [1.82, 2.24) is 15.5 Å². The zero-order valence-corrected chi connectivity index (χ0v) is 14.6. The topological polar surface area (TPSA) is 69.1 Å². The van der Waals surface area contributed by atoms with Gasteiger partial charge >= 0.3 is 0 Å². The van der Waals surface area contributed by atoms with Crippen LogP contribution in [0.15, 0.2) is 4.99 Å². The van der Waals surface area contributed by atoms with E-state index in [0.29, 0.717) is 12.5 Å². The molecule has 0 saturated carbocycles. The third-order valence-electron chi connectivity index (χ3n) is 3.56. The van der Waals surface area contributed by atoms with Crippen molar-refractivity contribution in [3.05, 3.63) is 0 Å². The van der Waals surface area contributed by atoms with Crippen molar-refractivity contribution in [2.75, 3.05) is 52.5 Å². The fourth-order valence-electron chi connectivity index (χ4n) is 2.44. The molecular weight excluding hydrogens is 280 g/mol. The summed E-state index contributed by atoms with van der Waals surface area (Å²) in [6.07, 6.45) is 0.201. The number of aliphatic hydroxyl groups excluding tert-OH is 1. The molecule has 6 heteroatoms. The highest BCUT2D eigenvalue weighted by atomic mass is 16.5. The van der Waals surface area contributed by atoms with Crippen LogP contribution in [0.25, 0.3) is 0 Å². The van der Waals surface area contributed by atoms with E-state index >= 15 is 0 Å². The Bertz CT molecular complexity index is 323.